The number of benzene rings is 1. The molecule has 1 aromatic heterocycles. The number of hydrogen-bond donors (Lipinski definition) is 1. The summed E-state index contributed by atoms with van der Waals surface area (Å²) in [5.74, 6) is 1.66. The summed E-state index contributed by atoms with van der Waals surface area (Å²) in [6.45, 7) is 8.93. The van der Waals surface area contributed by atoms with Gasteiger partial charge < -0.3 is 9.73 Å². The predicted molar refractivity (Wildman–Crippen MR) is 88.6 cm³/mol. The largest absolute Gasteiger partial charge is 0.469 e. The van der Waals surface area contributed by atoms with Gasteiger partial charge in [-0.05, 0) is 49.4 Å². The van der Waals surface area contributed by atoms with Crippen molar-refractivity contribution >= 4 is 0 Å². The van der Waals surface area contributed by atoms with E-state index in [4.69, 9.17) is 4.42 Å². The zero-order chi connectivity index (χ0) is 15.2. The highest BCUT2D eigenvalue weighted by atomic mass is 16.3. The van der Waals surface area contributed by atoms with Crippen molar-refractivity contribution in [2.45, 2.75) is 58.5 Å². The second-order valence-electron chi connectivity index (χ2n) is 6.23. The first-order chi connectivity index (χ1) is 10.1. The number of nitrogens with one attached hydrogen (secondary N) is 1. The van der Waals surface area contributed by atoms with E-state index in [9.17, 15) is 0 Å². The summed E-state index contributed by atoms with van der Waals surface area (Å²) in [5.41, 5.74) is 2.75. The Morgan fingerprint density at radius 3 is 2.19 bits per heavy atom. The van der Waals surface area contributed by atoms with E-state index in [1.165, 1.54) is 11.1 Å². The lowest BCUT2D eigenvalue weighted by atomic mass is 9.99. The lowest BCUT2D eigenvalue weighted by molar-refractivity contribution is 0.430. The Balaban J connectivity index is 1.83. The number of rotatable bonds is 7. The molecule has 1 heterocycles. The predicted octanol–water partition coefficient (Wildman–Crippen LogP) is 5.07. The smallest absolute Gasteiger partial charge is 0.103 e. The molecule has 0 spiro atoms. The molecule has 0 bridgehead atoms. The lowest BCUT2D eigenvalue weighted by Gasteiger charge is -2.20. The van der Waals surface area contributed by atoms with E-state index < -0.39 is 0 Å². The van der Waals surface area contributed by atoms with Gasteiger partial charge in [0.25, 0.3) is 0 Å². The second-order valence-corrected chi connectivity index (χ2v) is 6.23. The molecule has 0 radical (unpaired) electrons. The minimum Gasteiger partial charge on any atom is -0.469 e. The molecule has 0 amide bonds. The molecular weight excluding hydrogens is 258 g/mol. The minimum atomic E-state index is 0.373. The maximum Gasteiger partial charge on any atom is 0.103 e. The quantitative estimate of drug-likeness (QED) is 0.768. The Bertz CT molecular complexity index is 513. The highest BCUT2D eigenvalue weighted by Gasteiger charge is 2.10. The Hall–Kier alpha value is -1.54. The Morgan fingerprint density at radius 1 is 0.952 bits per heavy atom. The molecule has 0 saturated carbocycles. The van der Waals surface area contributed by atoms with Crippen molar-refractivity contribution in [2.24, 2.45) is 0 Å². The molecule has 2 aromatic rings. The van der Waals surface area contributed by atoms with Crippen LogP contribution in [0.25, 0.3) is 0 Å². The van der Waals surface area contributed by atoms with Crippen molar-refractivity contribution in [3.8, 4) is 0 Å². The fourth-order valence-electron chi connectivity index (χ4n) is 2.59. The minimum absolute atomic E-state index is 0.373. The molecule has 1 aromatic carbocycles. The van der Waals surface area contributed by atoms with Crippen molar-refractivity contribution in [2.75, 3.05) is 0 Å². The number of aryl methyl sites for hydroxylation is 1. The van der Waals surface area contributed by atoms with Crippen LogP contribution in [0.15, 0.2) is 47.1 Å². The highest BCUT2D eigenvalue weighted by molar-refractivity contribution is 5.26. The van der Waals surface area contributed by atoms with E-state index in [2.05, 4.69) is 57.3 Å². The highest BCUT2D eigenvalue weighted by Crippen LogP contribution is 2.19. The summed E-state index contributed by atoms with van der Waals surface area (Å²) in [7, 11) is 0. The topological polar surface area (TPSA) is 25.2 Å². The summed E-state index contributed by atoms with van der Waals surface area (Å²) < 4.78 is 5.38. The molecule has 0 aliphatic rings. The van der Waals surface area contributed by atoms with Gasteiger partial charge in [0.15, 0.2) is 0 Å². The molecule has 21 heavy (non-hydrogen) atoms. The first-order valence-corrected chi connectivity index (χ1v) is 7.94. The van der Waals surface area contributed by atoms with Crippen LogP contribution in [0.3, 0.4) is 0 Å². The van der Waals surface area contributed by atoms with Crippen LogP contribution in [-0.2, 0) is 6.42 Å². The molecule has 0 fully saturated rings. The van der Waals surface area contributed by atoms with E-state index in [-0.39, 0.29) is 0 Å². The Labute approximate surface area is 128 Å². The van der Waals surface area contributed by atoms with Gasteiger partial charge in [0.2, 0.25) is 0 Å². The average molecular weight is 285 g/mol. The molecule has 2 rings (SSSR count). The van der Waals surface area contributed by atoms with Crippen LogP contribution in [0, 0.1) is 0 Å². The number of hydrogen-bond acceptors (Lipinski definition) is 2. The summed E-state index contributed by atoms with van der Waals surface area (Å²) in [6.07, 6.45) is 3.81. The van der Waals surface area contributed by atoms with Gasteiger partial charge in [-0.2, -0.15) is 0 Å². The van der Waals surface area contributed by atoms with E-state index in [0.29, 0.717) is 18.0 Å². The zero-order valence-corrected chi connectivity index (χ0v) is 13.6. The zero-order valence-electron chi connectivity index (χ0n) is 13.6. The van der Waals surface area contributed by atoms with Crippen molar-refractivity contribution in [3.63, 3.8) is 0 Å². The molecule has 2 atom stereocenters. The molecular formula is C19H27NO. The van der Waals surface area contributed by atoms with Crippen molar-refractivity contribution in [1.29, 1.82) is 0 Å². The van der Waals surface area contributed by atoms with Crippen LogP contribution < -0.4 is 5.32 Å². The van der Waals surface area contributed by atoms with Crippen LogP contribution in [0.5, 0.6) is 0 Å². The SMILES string of the molecule is CC(C)c1ccc([C@@H](C)N[C@@H](C)CCc2ccco2)cc1. The molecule has 0 unspecified atom stereocenters. The van der Waals surface area contributed by atoms with Gasteiger partial charge >= 0.3 is 0 Å². The van der Waals surface area contributed by atoms with E-state index in [0.717, 1.165) is 18.6 Å². The summed E-state index contributed by atoms with van der Waals surface area (Å²) in [4.78, 5) is 0. The van der Waals surface area contributed by atoms with Gasteiger partial charge in [-0.15, -0.1) is 0 Å². The first kappa shape index (κ1) is 15.8. The molecule has 2 nitrogen and oxygen atoms in total. The van der Waals surface area contributed by atoms with Crippen molar-refractivity contribution in [3.05, 3.63) is 59.5 Å². The summed E-state index contributed by atoms with van der Waals surface area (Å²) in [5, 5.41) is 3.67. The Kier molecular flexibility index (Phi) is 5.63. The third-order valence-corrected chi connectivity index (χ3v) is 4.04. The van der Waals surface area contributed by atoms with Crippen LogP contribution in [0.1, 0.15) is 63.0 Å². The monoisotopic (exact) mass is 285 g/mol. The van der Waals surface area contributed by atoms with Crippen molar-refractivity contribution < 1.29 is 4.42 Å². The van der Waals surface area contributed by atoms with Crippen molar-refractivity contribution in [1.82, 2.24) is 5.32 Å². The standard InChI is InChI=1S/C19H27NO/c1-14(2)17-8-10-18(11-9-17)16(4)20-15(3)7-12-19-6-5-13-21-19/h5-6,8-11,13-16,20H,7,12H2,1-4H3/t15-,16+/m0/s1. The van der Waals surface area contributed by atoms with E-state index >= 15 is 0 Å². The first-order valence-electron chi connectivity index (χ1n) is 7.94. The fraction of sp³-hybridized carbons (Fsp3) is 0.474. The van der Waals surface area contributed by atoms with Gasteiger partial charge in [0.1, 0.15) is 5.76 Å². The molecule has 0 aliphatic heterocycles. The van der Waals surface area contributed by atoms with Crippen LogP contribution in [-0.4, -0.2) is 6.04 Å². The van der Waals surface area contributed by atoms with E-state index in [1.807, 2.05) is 12.1 Å². The molecule has 0 saturated heterocycles. The second kappa shape index (κ2) is 7.46. The fourth-order valence-corrected chi connectivity index (χ4v) is 2.59. The maximum atomic E-state index is 5.38. The third-order valence-electron chi connectivity index (χ3n) is 4.04. The lowest BCUT2D eigenvalue weighted by Crippen LogP contribution is -2.29. The molecule has 0 aliphatic carbocycles. The summed E-state index contributed by atoms with van der Waals surface area (Å²) in [6, 6.07) is 13.8. The summed E-state index contributed by atoms with van der Waals surface area (Å²) >= 11 is 0. The van der Waals surface area contributed by atoms with Crippen LogP contribution in [0.4, 0.5) is 0 Å². The molecule has 1 N–H and O–H groups in total. The van der Waals surface area contributed by atoms with Gasteiger partial charge in [-0.1, -0.05) is 38.1 Å². The van der Waals surface area contributed by atoms with Crippen LogP contribution in [0.2, 0.25) is 0 Å². The molecule has 2 heteroatoms. The molecule has 114 valence electrons. The van der Waals surface area contributed by atoms with E-state index in [1.54, 1.807) is 6.26 Å². The third kappa shape index (κ3) is 4.75. The maximum absolute atomic E-state index is 5.38. The number of furan rings is 1. The van der Waals surface area contributed by atoms with Gasteiger partial charge in [0, 0.05) is 18.5 Å². The average Bonchev–Trinajstić information content (AvgIpc) is 2.98. The van der Waals surface area contributed by atoms with Gasteiger partial charge in [-0.3, -0.25) is 0 Å². The van der Waals surface area contributed by atoms with Gasteiger partial charge in [-0.25, -0.2) is 0 Å². The Morgan fingerprint density at radius 2 is 1.62 bits per heavy atom. The van der Waals surface area contributed by atoms with Crippen LogP contribution >= 0.6 is 0 Å². The normalized spacial score (nSPS) is 14.3. The van der Waals surface area contributed by atoms with Gasteiger partial charge in [0.05, 0.1) is 6.26 Å².